The van der Waals surface area contributed by atoms with Crippen molar-refractivity contribution in [2.75, 3.05) is 0 Å². The highest BCUT2D eigenvalue weighted by atomic mass is 16.6. The van der Waals surface area contributed by atoms with E-state index in [1.54, 1.807) is 32.9 Å². The molecule has 2 aromatic rings. The predicted octanol–water partition coefficient (Wildman–Crippen LogP) is 4.10. The molecule has 152 valence electrons. The van der Waals surface area contributed by atoms with E-state index in [2.05, 4.69) is 10.4 Å². The Labute approximate surface area is 165 Å². The molecule has 0 saturated heterocycles. The number of non-ortho nitro benzene ring substituents is 1. The summed E-state index contributed by atoms with van der Waals surface area (Å²) >= 11 is 0. The van der Waals surface area contributed by atoms with E-state index in [1.807, 2.05) is 31.5 Å². The number of carbonyl (C=O) groups is 1. The molecule has 0 spiro atoms. The first-order valence-electron chi connectivity index (χ1n) is 9.23. The molecule has 8 nitrogen and oxygen atoms in total. The Kier molecular flexibility index (Phi) is 6.11. The first-order chi connectivity index (χ1) is 12.9. The highest BCUT2D eigenvalue weighted by Crippen LogP contribution is 2.28. The second-order valence-corrected chi connectivity index (χ2v) is 8.05. The Balaban J connectivity index is 2.46. The lowest BCUT2D eigenvalue weighted by molar-refractivity contribution is -0.385. The molecular weight excluding hydrogens is 360 g/mol. The number of nitrogens with one attached hydrogen (secondary N) is 1. The van der Waals surface area contributed by atoms with Crippen molar-refractivity contribution in [3.63, 3.8) is 0 Å². The molecule has 0 aliphatic carbocycles. The maximum atomic E-state index is 12.5. The van der Waals surface area contributed by atoms with Gasteiger partial charge in [-0.3, -0.25) is 14.8 Å². The molecule has 1 N–H and O–H groups in total. The lowest BCUT2D eigenvalue weighted by Gasteiger charge is -2.33. The number of benzene rings is 1. The van der Waals surface area contributed by atoms with Gasteiger partial charge in [0.15, 0.2) is 0 Å². The van der Waals surface area contributed by atoms with Crippen molar-refractivity contribution in [3.8, 4) is 0 Å². The Morgan fingerprint density at radius 1 is 1.29 bits per heavy atom. The van der Waals surface area contributed by atoms with Gasteiger partial charge in [-0.25, -0.2) is 4.79 Å². The van der Waals surface area contributed by atoms with Crippen LogP contribution in [0.15, 0.2) is 30.3 Å². The lowest BCUT2D eigenvalue weighted by Crippen LogP contribution is -2.48. The third-order valence-corrected chi connectivity index (χ3v) is 4.28. The summed E-state index contributed by atoms with van der Waals surface area (Å²) in [5, 5.41) is 18.6. The molecule has 0 saturated carbocycles. The maximum absolute atomic E-state index is 12.5. The fraction of sp³-hybridized carbons (Fsp3) is 0.500. The molecule has 0 aliphatic heterocycles. The van der Waals surface area contributed by atoms with Gasteiger partial charge in [-0.2, -0.15) is 5.10 Å². The van der Waals surface area contributed by atoms with Crippen LogP contribution in [-0.4, -0.2) is 26.4 Å². The van der Waals surface area contributed by atoms with Gasteiger partial charge in [0, 0.05) is 17.8 Å². The number of nitro groups is 1. The molecule has 1 heterocycles. The molecule has 28 heavy (non-hydrogen) atoms. The quantitative estimate of drug-likeness (QED) is 0.593. The minimum absolute atomic E-state index is 0.0397. The van der Waals surface area contributed by atoms with Crippen molar-refractivity contribution in [2.45, 2.75) is 65.6 Å². The van der Waals surface area contributed by atoms with E-state index in [1.165, 1.54) is 12.1 Å². The molecule has 0 radical (unpaired) electrons. The molecule has 1 unspecified atom stereocenters. The summed E-state index contributed by atoms with van der Waals surface area (Å²) in [6.45, 7) is 11.4. The molecule has 8 heteroatoms. The van der Waals surface area contributed by atoms with E-state index in [0.29, 0.717) is 12.1 Å². The third-order valence-electron chi connectivity index (χ3n) is 4.28. The van der Waals surface area contributed by atoms with Crippen LogP contribution in [0.1, 0.15) is 51.6 Å². The number of nitrogens with zero attached hydrogens (tertiary/aromatic N) is 3. The second-order valence-electron chi connectivity index (χ2n) is 8.05. The van der Waals surface area contributed by atoms with Gasteiger partial charge < -0.3 is 10.1 Å². The van der Waals surface area contributed by atoms with Gasteiger partial charge in [-0.1, -0.05) is 19.1 Å². The van der Waals surface area contributed by atoms with Crippen molar-refractivity contribution in [1.82, 2.24) is 15.1 Å². The summed E-state index contributed by atoms with van der Waals surface area (Å²) in [4.78, 5) is 23.3. The van der Waals surface area contributed by atoms with Crippen LogP contribution in [-0.2, 0) is 23.2 Å². The number of nitro benzene ring substituents is 1. The van der Waals surface area contributed by atoms with Gasteiger partial charge in [0.1, 0.15) is 5.60 Å². The number of carbonyl (C=O) groups excluding carboxylic acids is 1. The topological polar surface area (TPSA) is 99.3 Å². The number of alkyl carbamates (subject to hydrolysis) is 1. The molecule has 0 bridgehead atoms. The van der Waals surface area contributed by atoms with E-state index >= 15 is 0 Å². The van der Waals surface area contributed by atoms with Crippen LogP contribution < -0.4 is 5.32 Å². The average molecular weight is 388 g/mol. The first-order valence-corrected chi connectivity index (χ1v) is 9.23. The zero-order chi connectivity index (χ0) is 21.1. The minimum atomic E-state index is -0.962. The van der Waals surface area contributed by atoms with E-state index < -0.39 is 22.2 Å². The fourth-order valence-corrected chi connectivity index (χ4v) is 3.01. The molecular formula is C20H28N4O4. The molecule has 0 fully saturated rings. The summed E-state index contributed by atoms with van der Waals surface area (Å²) in [6, 6.07) is 8.25. The van der Waals surface area contributed by atoms with Crippen molar-refractivity contribution in [1.29, 1.82) is 0 Å². The van der Waals surface area contributed by atoms with Crippen LogP contribution in [0.3, 0.4) is 0 Å². The number of hydrogen-bond donors (Lipinski definition) is 1. The number of ether oxygens (including phenoxy) is 1. The van der Waals surface area contributed by atoms with Crippen LogP contribution >= 0.6 is 0 Å². The standard InChI is InChI=1S/C20H28N4O4/c1-7-16-11-14(2)22-23(16)13-20(6,21-18(25)28-19(3,4)5)15-9-8-10-17(12-15)24(26)27/h8-12H,7,13H2,1-6H3,(H,21,25). The lowest BCUT2D eigenvalue weighted by atomic mass is 9.91. The Morgan fingerprint density at radius 2 is 1.96 bits per heavy atom. The van der Waals surface area contributed by atoms with Crippen LogP contribution in [0.5, 0.6) is 0 Å². The molecule has 2 rings (SSSR count). The van der Waals surface area contributed by atoms with Gasteiger partial charge in [0.05, 0.1) is 22.7 Å². The molecule has 1 aromatic carbocycles. The molecule has 1 atom stereocenters. The van der Waals surface area contributed by atoms with Gasteiger partial charge >= 0.3 is 6.09 Å². The van der Waals surface area contributed by atoms with Crippen molar-refractivity contribution in [3.05, 3.63) is 57.4 Å². The van der Waals surface area contributed by atoms with Crippen molar-refractivity contribution in [2.24, 2.45) is 0 Å². The summed E-state index contributed by atoms with van der Waals surface area (Å²) in [6.07, 6.45) is 0.182. The smallest absolute Gasteiger partial charge is 0.408 e. The van der Waals surface area contributed by atoms with E-state index in [0.717, 1.165) is 17.8 Å². The highest BCUT2D eigenvalue weighted by molar-refractivity contribution is 5.69. The SMILES string of the molecule is CCc1cc(C)nn1CC(C)(NC(=O)OC(C)(C)C)c1cccc([N+](=O)[O-])c1. The number of aromatic nitrogens is 2. The molecule has 1 aromatic heterocycles. The zero-order valence-electron chi connectivity index (χ0n) is 17.3. The largest absolute Gasteiger partial charge is 0.444 e. The van der Waals surface area contributed by atoms with Gasteiger partial charge in [0.2, 0.25) is 0 Å². The summed E-state index contributed by atoms with van der Waals surface area (Å²) < 4.78 is 7.24. The highest BCUT2D eigenvalue weighted by Gasteiger charge is 2.33. The van der Waals surface area contributed by atoms with Crippen LogP contribution in [0.2, 0.25) is 0 Å². The normalized spacial score (nSPS) is 13.6. The first kappa shape index (κ1) is 21.4. The number of aryl methyl sites for hydroxylation is 2. The average Bonchev–Trinajstić information content (AvgIpc) is 2.92. The van der Waals surface area contributed by atoms with Gasteiger partial charge in [-0.15, -0.1) is 0 Å². The minimum Gasteiger partial charge on any atom is -0.444 e. The molecule has 1 amide bonds. The Hall–Kier alpha value is -2.90. The van der Waals surface area contributed by atoms with Crippen molar-refractivity contribution < 1.29 is 14.5 Å². The van der Waals surface area contributed by atoms with E-state index in [-0.39, 0.29) is 5.69 Å². The van der Waals surface area contributed by atoms with Crippen LogP contribution in [0.25, 0.3) is 0 Å². The van der Waals surface area contributed by atoms with Crippen LogP contribution in [0.4, 0.5) is 10.5 Å². The van der Waals surface area contributed by atoms with Crippen LogP contribution in [0, 0.1) is 17.0 Å². The van der Waals surface area contributed by atoms with Gasteiger partial charge in [0.25, 0.3) is 5.69 Å². The van der Waals surface area contributed by atoms with Gasteiger partial charge in [-0.05, 0) is 52.7 Å². The fourth-order valence-electron chi connectivity index (χ4n) is 3.01. The predicted molar refractivity (Wildman–Crippen MR) is 106 cm³/mol. The Bertz CT molecular complexity index is 869. The maximum Gasteiger partial charge on any atom is 0.408 e. The zero-order valence-corrected chi connectivity index (χ0v) is 17.3. The van der Waals surface area contributed by atoms with E-state index in [4.69, 9.17) is 4.74 Å². The third kappa shape index (κ3) is 5.31. The summed E-state index contributed by atoms with van der Waals surface area (Å²) in [5.41, 5.74) is 0.821. The molecule has 0 aliphatic rings. The summed E-state index contributed by atoms with van der Waals surface area (Å²) in [5.74, 6) is 0. The Morgan fingerprint density at radius 3 is 2.54 bits per heavy atom. The second kappa shape index (κ2) is 8.00. The number of amides is 1. The van der Waals surface area contributed by atoms with Crippen molar-refractivity contribution >= 4 is 11.8 Å². The monoisotopic (exact) mass is 388 g/mol. The number of hydrogen-bond acceptors (Lipinski definition) is 5. The number of rotatable bonds is 6. The summed E-state index contributed by atoms with van der Waals surface area (Å²) in [7, 11) is 0. The van der Waals surface area contributed by atoms with E-state index in [9.17, 15) is 14.9 Å².